The summed E-state index contributed by atoms with van der Waals surface area (Å²) in [7, 11) is 0. The van der Waals surface area contributed by atoms with Gasteiger partial charge in [0.25, 0.3) is 0 Å². The molecule has 0 aliphatic carbocycles. The van der Waals surface area contributed by atoms with Crippen LogP contribution in [0.5, 0.6) is 0 Å². The van der Waals surface area contributed by atoms with Crippen LogP contribution < -0.4 is 10.6 Å². The van der Waals surface area contributed by atoms with E-state index in [-0.39, 0.29) is 27.2 Å². The second-order valence-corrected chi connectivity index (χ2v) is 4.81. The zero-order valence-corrected chi connectivity index (χ0v) is 12.2. The molecule has 0 saturated carbocycles. The van der Waals surface area contributed by atoms with Crippen LogP contribution in [-0.4, -0.2) is 28.9 Å². The molecule has 0 aliphatic rings. The van der Waals surface area contributed by atoms with Gasteiger partial charge in [-0.05, 0) is 19.1 Å². The predicted octanol–water partition coefficient (Wildman–Crippen LogP) is 2.15. The van der Waals surface area contributed by atoms with E-state index >= 15 is 0 Å². The highest BCUT2D eigenvalue weighted by Gasteiger charge is 2.22. The zero-order valence-electron chi connectivity index (χ0n) is 10.7. The average Bonchev–Trinajstić information content (AvgIpc) is 2.32. The molecule has 0 saturated heterocycles. The van der Waals surface area contributed by atoms with Crippen LogP contribution in [0.1, 0.15) is 24.2 Å². The second-order valence-electron chi connectivity index (χ2n) is 4.00. The van der Waals surface area contributed by atoms with Crippen molar-refractivity contribution in [3.63, 3.8) is 0 Å². The molecule has 6 nitrogen and oxygen atoms in total. The van der Waals surface area contributed by atoms with Gasteiger partial charge in [-0.3, -0.25) is 9.59 Å². The maximum atomic E-state index is 11.9. The van der Waals surface area contributed by atoms with Gasteiger partial charge in [0.1, 0.15) is 11.6 Å². The molecule has 0 bridgehead atoms. The van der Waals surface area contributed by atoms with Crippen molar-refractivity contribution in [3.05, 3.63) is 27.7 Å². The molecule has 20 heavy (non-hydrogen) atoms. The lowest BCUT2D eigenvalue weighted by atomic mass is 10.1. The van der Waals surface area contributed by atoms with Crippen molar-refractivity contribution in [3.8, 4) is 0 Å². The van der Waals surface area contributed by atoms with Gasteiger partial charge in [0.05, 0.1) is 15.7 Å². The van der Waals surface area contributed by atoms with Gasteiger partial charge in [-0.2, -0.15) is 0 Å². The van der Waals surface area contributed by atoms with Crippen LogP contribution >= 0.6 is 23.2 Å². The predicted molar refractivity (Wildman–Crippen MR) is 75.3 cm³/mol. The smallest absolute Gasteiger partial charge is 0.339 e. The number of hydrogen-bond donors (Lipinski definition) is 3. The van der Waals surface area contributed by atoms with Gasteiger partial charge in [-0.25, -0.2) is 4.79 Å². The first-order chi connectivity index (χ1) is 9.23. The lowest BCUT2D eigenvalue weighted by Gasteiger charge is -2.15. The first-order valence-corrected chi connectivity index (χ1v) is 6.29. The Morgan fingerprint density at radius 3 is 2.25 bits per heavy atom. The Morgan fingerprint density at radius 1 is 1.20 bits per heavy atom. The average molecular weight is 319 g/mol. The minimum absolute atomic E-state index is 0.0372. The molecule has 0 spiro atoms. The summed E-state index contributed by atoms with van der Waals surface area (Å²) < 4.78 is 0. The van der Waals surface area contributed by atoms with E-state index in [1.54, 1.807) is 0 Å². The van der Waals surface area contributed by atoms with E-state index in [0.717, 1.165) is 0 Å². The van der Waals surface area contributed by atoms with E-state index in [4.69, 9.17) is 28.3 Å². The van der Waals surface area contributed by atoms with E-state index in [2.05, 4.69) is 10.6 Å². The Hall–Kier alpha value is -1.79. The summed E-state index contributed by atoms with van der Waals surface area (Å²) in [6.07, 6.45) is 0. The SMILES string of the molecule is CC(=O)NC(C)C(=O)Nc1c(Cl)ccc(Cl)c1C(=O)O. The number of carboxylic acid groups (broad SMARTS) is 1. The Bertz CT molecular complexity index is 575. The van der Waals surface area contributed by atoms with Crippen molar-refractivity contribution in [1.82, 2.24) is 5.32 Å². The van der Waals surface area contributed by atoms with Gasteiger partial charge in [-0.1, -0.05) is 23.2 Å². The molecule has 1 aromatic rings. The van der Waals surface area contributed by atoms with Crippen molar-refractivity contribution in [1.29, 1.82) is 0 Å². The minimum Gasteiger partial charge on any atom is -0.478 e. The molecule has 3 N–H and O–H groups in total. The molecule has 2 amide bonds. The number of anilines is 1. The number of benzene rings is 1. The second kappa shape index (κ2) is 6.58. The highest BCUT2D eigenvalue weighted by atomic mass is 35.5. The summed E-state index contributed by atoms with van der Waals surface area (Å²) >= 11 is 11.7. The van der Waals surface area contributed by atoms with Crippen LogP contribution in [0.15, 0.2) is 12.1 Å². The van der Waals surface area contributed by atoms with Crippen molar-refractivity contribution in [2.24, 2.45) is 0 Å². The number of rotatable bonds is 4. The summed E-state index contributed by atoms with van der Waals surface area (Å²) in [6, 6.07) is 1.85. The molecule has 1 unspecified atom stereocenters. The molecule has 0 radical (unpaired) electrons. The minimum atomic E-state index is -1.32. The Labute approximate surface area is 125 Å². The van der Waals surface area contributed by atoms with Crippen LogP contribution in [0.3, 0.4) is 0 Å². The van der Waals surface area contributed by atoms with Crippen molar-refractivity contribution < 1.29 is 19.5 Å². The third kappa shape index (κ3) is 3.85. The van der Waals surface area contributed by atoms with Crippen molar-refractivity contribution >= 4 is 46.7 Å². The molecule has 1 aromatic carbocycles. The third-order valence-electron chi connectivity index (χ3n) is 2.38. The van der Waals surface area contributed by atoms with Crippen LogP contribution in [0, 0.1) is 0 Å². The topological polar surface area (TPSA) is 95.5 Å². The van der Waals surface area contributed by atoms with E-state index in [1.807, 2.05) is 0 Å². The Balaban J connectivity index is 3.09. The van der Waals surface area contributed by atoms with Crippen LogP contribution in [-0.2, 0) is 9.59 Å². The highest BCUT2D eigenvalue weighted by Crippen LogP contribution is 2.32. The summed E-state index contributed by atoms with van der Waals surface area (Å²) in [4.78, 5) is 33.9. The molecule has 0 fully saturated rings. The first kappa shape index (κ1) is 16.3. The van der Waals surface area contributed by atoms with Gasteiger partial charge in [0, 0.05) is 6.92 Å². The third-order valence-corrected chi connectivity index (χ3v) is 3.01. The van der Waals surface area contributed by atoms with Crippen LogP contribution in [0.4, 0.5) is 5.69 Å². The van der Waals surface area contributed by atoms with Crippen molar-refractivity contribution in [2.45, 2.75) is 19.9 Å². The molecule has 0 aromatic heterocycles. The zero-order chi connectivity index (χ0) is 15.4. The fraction of sp³-hybridized carbons (Fsp3) is 0.250. The van der Waals surface area contributed by atoms with E-state index in [0.29, 0.717) is 0 Å². The highest BCUT2D eigenvalue weighted by molar-refractivity contribution is 6.38. The quantitative estimate of drug-likeness (QED) is 0.792. The number of halogens is 2. The summed E-state index contributed by atoms with van der Waals surface area (Å²) in [5, 5.41) is 13.8. The van der Waals surface area contributed by atoms with E-state index < -0.39 is 17.9 Å². The van der Waals surface area contributed by atoms with Gasteiger partial charge < -0.3 is 15.7 Å². The molecule has 108 valence electrons. The fourth-order valence-corrected chi connectivity index (χ4v) is 1.93. The molecule has 1 rings (SSSR count). The molecule has 0 aliphatic heterocycles. The molecular weight excluding hydrogens is 307 g/mol. The van der Waals surface area contributed by atoms with Gasteiger partial charge in [-0.15, -0.1) is 0 Å². The Morgan fingerprint density at radius 2 is 1.75 bits per heavy atom. The summed E-state index contributed by atoms with van der Waals surface area (Å²) in [6.45, 7) is 2.72. The van der Waals surface area contributed by atoms with Gasteiger partial charge >= 0.3 is 5.97 Å². The number of carbonyl (C=O) groups is 3. The molecule has 0 heterocycles. The molecule has 1 atom stereocenters. The summed E-state index contributed by atoms with van der Waals surface area (Å²) in [5.41, 5.74) is -0.406. The van der Waals surface area contributed by atoms with E-state index in [9.17, 15) is 14.4 Å². The largest absolute Gasteiger partial charge is 0.478 e. The fourth-order valence-electron chi connectivity index (χ4n) is 1.49. The first-order valence-electron chi connectivity index (χ1n) is 5.53. The standard InChI is InChI=1S/C12H12Cl2N2O4/c1-5(15-6(2)17)11(18)16-10-8(14)4-3-7(13)9(10)12(19)20/h3-5H,1-2H3,(H,15,17)(H,16,18)(H,19,20). The molecular formula is C12H12Cl2N2O4. The maximum absolute atomic E-state index is 11.9. The number of carbonyl (C=O) groups excluding carboxylic acids is 2. The lowest BCUT2D eigenvalue weighted by molar-refractivity contribution is -0.124. The molecule has 8 heteroatoms. The van der Waals surface area contributed by atoms with Crippen LogP contribution in [0.2, 0.25) is 10.0 Å². The number of carboxylic acids is 1. The van der Waals surface area contributed by atoms with Gasteiger partial charge in [0.2, 0.25) is 11.8 Å². The van der Waals surface area contributed by atoms with Gasteiger partial charge in [0.15, 0.2) is 0 Å². The maximum Gasteiger partial charge on any atom is 0.339 e. The summed E-state index contributed by atoms with van der Waals surface area (Å²) in [5.74, 6) is -2.31. The van der Waals surface area contributed by atoms with Crippen molar-refractivity contribution in [2.75, 3.05) is 5.32 Å². The monoisotopic (exact) mass is 318 g/mol. The normalized spacial score (nSPS) is 11.6. The Kier molecular flexibility index (Phi) is 5.35. The number of aromatic carboxylic acids is 1. The number of nitrogens with one attached hydrogen (secondary N) is 2. The number of hydrogen-bond acceptors (Lipinski definition) is 3. The lowest BCUT2D eigenvalue weighted by Crippen LogP contribution is -2.40. The van der Waals surface area contributed by atoms with Crippen LogP contribution in [0.25, 0.3) is 0 Å². The van der Waals surface area contributed by atoms with E-state index in [1.165, 1.54) is 26.0 Å². The number of amides is 2.